The topological polar surface area (TPSA) is 94.8 Å². The average Bonchev–Trinajstić information content (AvgIpc) is 3.31. The number of amides is 1. The van der Waals surface area contributed by atoms with Crippen LogP contribution in [0.4, 0.5) is 5.13 Å². The van der Waals surface area contributed by atoms with E-state index in [4.69, 9.17) is 4.74 Å². The number of aromatic nitrogens is 5. The number of hydrogen-bond acceptors (Lipinski definition) is 8. The first-order chi connectivity index (χ1) is 13.2. The molecule has 0 spiro atoms. The van der Waals surface area contributed by atoms with Crippen LogP contribution in [0, 0.1) is 0 Å². The van der Waals surface area contributed by atoms with Crippen molar-refractivity contribution in [2.24, 2.45) is 0 Å². The summed E-state index contributed by atoms with van der Waals surface area (Å²) in [5.74, 6) is 1.58. The molecule has 3 rings (SSSR count). The summed E-state index contributed by atoms with van der Waals surface area (Å²) in [7, 11) is 0. The van der Waals surface area contributed by atoms with Crippen molar-refractivity contribution < 1.29 is 9.53 Å². The van der Waals surface area contributed by atoms with Crippen molar-refractivity contribution in [3.8, 4) is 5.75 Å². The first-order valence-corrected chi connectivity index (χ1v) is 10.3. The lowest BCUT2D eigenvalue weighted by molar-refractivity contribution is -0.113. The molecule has 0 radical (unpaired) electrons. The number of para-hydroxylation sites is 1. The normalized spacial score (nSPS) is 10.7. The van der Waals surface area contributed by atoms with Gasteiger partial charge in [0.05, 0.1) is 5.75 Å². The third-order valence-electron chi connectivity index (χ3n) is 3.57. The molecule has 0 aliphatic heterocycles. The number of benzene rings is 1. The number of thioether (sulfide) groups is 1. The molecule has 0 saturated carbocycles. The molecule has 0 aliphatic carbocycles. The first kappa shape index (κ1) is 19.3. The highest BCUT2D eigenvalue weighted by atomic mass is 32.2. The van der Waals surface area contributed by atoms with Gasteiger partial charge in [-0.05, 0) is 25.5 Å². The van der Waals surface area contributed by atoms with Crippen molar-refractivity contribution in [3.05, 3.63) is 41.2 Å². The van der Waals surface area contributed by atoms with Gasteiger partial charge in [-0.3, -0.25) is 10.1 Å². The number of ether oxygens (including phenoxy) is 1. The molecule has 2 heterocycles. The zero-order chi connectivity index (χ0) is 19.1. The Hall–Kier alpha value is -2.46. The van der Waals surface area contributed by atoms with Gasteiger partial charge in [-0.1, -0.05) is 48.2 Å². The Labute approximate surface area is 165 Å². The molecule has 1 amide bonds. The van der Waals surface area contributed by atoms with Gasteiger partial charge in [0.2, 0.25) is 11.0 Å². The molecule has 0 aliphatic rings. The van der Waals surface area contributed by atoms with E-state index >= 15 is 0 Å². The molecule has 0 unspecified atom stereocenters. The van der Waals surface area contributed by atoms with E-state index in [0.717, 1.165) is 23.0 Å². The fourth-order valence-electron chi connectivity index (χ4n) is 2.25. The number of nitrogens with one attached hydrogen (secondary N) is 1. The zero-order valence-corrected chi connectivity index (χ0v) is 16.7. The van der Waals surface area contributed by atoms with Crippen LogP contribution in [-0.4, -0.2) is 36.6 Å². The van der Waals surface area contributed by atoms with Crippen molar-refractivity contribution in [1.29, 1.82) is 0 Å². The smallest absolute Gasteiger partial charge is 0.236 e. The zero-order valence-electron chi connectivity index (χ0n) is 15.1. The van der Waals surface area contributed by atoms with E-state index in [0.29, 0.717) is 23.4 Å². The van der Waals surface area contributed by atoms with Crippen LogP contribution in [0.15, 0.2) is 35.5 Å². The lowest BCUT2D eigenvalue weighted by Gasteiger charge is -2.08. The van der Waals surface area contributed by atoms with Gasteiger partial charge in [0.15, 0.2) is 11.0 Å². The number of nitrogens with zero attached hydrogens (tertiary/aromatic N) is 5. The molecular weight excluding hydrogens is 384 g/mol. The third-order valence-corrected chi connectivity index (χ3v) is 5.52. The summed E-state index contributed by atoms with van der Waals surface area (Å²) < 4.78 is 7.69. The standard InChI is InChI=1S/C17H20N6O2S2/c1-3-15-20-21-16(27-15)18-14(24)11-26-17-22-19-13(23(17)4-2)10-25-12-8-6-5-7-9-12/h5-9H,3-4,10-11H2,1-2H3,(H,18,21,24). The first-order valence-electron chi connectivity index (χ1n) is 8.54. The van der Waals surface area contributed by atoms with E-state index < -0.39 is 0 Å². The molecule has 0 fully saturated rings. The van der Waals surface area contributed by atoms with Crippen molar-refractivity contribution in [1.82, 2.24) is 25.0 Å². The highest BCUT2D eigenvalue weighted by Crippen LogP contribution is 2.20. The fourth-order valence-corrected chi connectivity index (χ4v) is 3.76. The Morgan fingerprint density at radius 2 is 2.00 bits per heavy atom. The van der Waals surface area contributed by atoms with Gasteiger partial charge in [-0.15, -0.1) is 20.4 Å². The molecule has 8 nitrogen and oxygen atoms in total. The van der Waals surface area contributed by atoms with E-state index in [9.17, 15) is 4.79 Å². The maximum Gasteiger partial charge on any atom is 0.236 e. The van der Waals surface area contributed by atoms with E-state index in [1.807, 2.05) is 48.7 Å². The highest BCUT2D eigenvalue weighted by Gasteiger charge is 2.14. The molecule has 3 aromatic rings. The molecule has 2 aromatic heterocycles. The van der Waals surface area contributed by atoms with Crippen LogP contribution in [0.1, 0.15) is 24.7 Å². The summed E-state index contributed by atoms with van der Waals surface area (Å²) in [6.07, 6.45) is 0.801. The quantitative estimate of drug-likeness (QED) is 0.548. The number of anilines is 1. The van der Waals surface area contributed by atoms with Gasteiger partial charge in [-0.2, -0.15) is 0 Å². The SMILES string of the molecule is CCc1nnc(NC(=O)CSc2nnc(COc3ccccc3)n2CC)s1. The molecule has 142 valence electrons. The summed E-state index contributed by atoms with van der Waals surface area (Å²) in [4.78, 5) is 12.1. The lowest BCUT2D eigenvalue weighted by atomic mass is 10.3. The molecular formula is C17H20N6O2S2. The van der Waals surface area contributed by atoms with Crippen molar-refractivity contribution in [2.75, 3.05) is 11.1 Å². The lowest BCUT2D eigenvalue weighted by Crippen LogP contribution is -2.14. The second kappa shape index (κ2) is 9.47. The summed E-state index contributed by atoms with van der Waals surface area (Å²) in [6.45, 7) is 5.02. The van der Waals surface area contributed by atoms with E-state index in [2.05, 4.69) is 25.7 Å². The Morgan fingerprint density at radius 3 is 2.70 bits per heavy atom. The summed E-state index contributed by atoms with van der Waals surface area (Å²) in [5.41, 5.74) is 0. The Morgan fingerprint density at radius 1 is 1.19 bits per heavy atom. The van der Waals surface area contributed by atoms with Gasteiger partial charge in [0.25, 0.3) is 0 Å². The van der Waals surface area contributed by atoms with E-state index in [-0.39, 0.29) is 11.7 Å². The molecule has 27 heavy (non-hydrogen) atoms. The van der Waals surface area contributed by atoms with Crippen molar-refractivity contribution >= 4 is 34.1 Å². The average molecular weight is 405 g/mol. The highest BCUT2D eigenvalue weighted by molar-refractivity contribution is 7.99. The summed E-state index contributed by atoms with van der Waals surface area (Å²) in [6, 6.07) is 9.56. The predicted octanol–water partition coefficient (Wildman–Crippen LogP) is 3.02. The monoisotopic (exact) mass is 404 g/mol. The second-order valence-electron chi connectivity index (χ2n) is 5.44. The Bertz CT molecular complexity index is 881. The maximum absolute atomic E-state index is 12.1. The van der Waals surface area contributed by atoms with Crippen molar-refractivity contribution in [2.45, 2.75) is 38.6 Å². The van der Waals surface area contributed by atoms with Gasteiger partial charge in [-0.25, -0.2) is 0 Å². The minimum Gasteiger partial charge on any atom is -0.486 e. The largest absolute Gasteiger partial charge is 0.486 e. The van der Waals surface area contributed by atoms with Crippen LogP contribution in [0.25, 0.3) is 0 Å². The number of rotatable bonds is 9. The number of aryl methyl sites for hydroxylation is 1. The number of carbonyl (C=O) groups excluding carboxylic acids is 1. The van der Waals surface area contributed by atoms with Gasteiger partial charge < -0.3 is 9.30 Å². The van der Waals surface area contributed by atoms with Crippen LogP contribution in [0.3, 0.4) is 0 Å². The minimum absolute atomic E-state index is 0.147. The van der Waals surface area contributed by atoms with Crippen LogP contribution < -0.4 is 10.1 Å². The Kier molecular flexibility index (Phi) is 6.77. The van der Waals surface area contributed by atoms with Crippen LogP contribution >= 0.6 is 23.1 Å². The van der Waals surface area contributed by atoms with Crippen molar-refractivity contribution in [3.63, 3.8) is 0 Å². The summed E-state index contributed by atoms with van der Waals surface area (Å²) in [5, 5.41) is 21.2. The molecule has 10 heteroatoms. The van der Waals surface area contributed by atoms with E-state index in [1.54, 1.807) is 0 Å². The molecule has 1 N–H and O–H groups in total. The van der Waals surface area contributed by atoms with Gasteiger partial charge >= 0.3 is 0 Å². The fraction of sp³-hybridized carbons (Fsp3) is 0.353. The second-order valence-corrected chi connectivity index (χ2v) is 7.44. The summed E-state index contributed by atoms with van der Waals surface area (Å²) >= 11 is 2.72. The number of carbonyl (C=O) groups is 1. The predicted molar refractivity (Wildman–Crippen MR) is 105 cm³/mol. The molecule has 0 saturated heterocycles. The van der Waals surface area contributed by atoms with Crippen LogP contribution in [0.5, 0.6) is 5.75 Å². The van der Waals surface area contributed by atoms with Gasteiger partial charge in [0, 0.05) is 6.54 Å². The minimum atomic E-state index is -0.147. The third kappa shape index (κ3) is 5.27. The molecule has 0 bridgehead atoms. The van der Waals surface area contributed by atoms with Crippen LogP contribution in [0.2, 0.25) is 0 Å². The number of hydrogen-bond donors (Lipinski definition) is 1. The van der Waals surface area contributed by atoms with Gasteiger partial charge in [0.1, 0.15) is 17.4 Å². The Balaban J connectivity index is 1.55. The maximum atomic E-state index is 12.1. The molecule has 0 atom stereocenters. The van der Waals surface area contributed by atoms with Crippen LogP contribution in [-0.2, 0) is 24.4 Å². The molecule has 1 aromatic carbocycles. The van der Waals surface area contributed by atoms with E-state index in [1.165, 1.54) is 23.1 Å².